The summed E-state index contributed by atoms with van der Waals surface area (Å²) in [6, 6.07) is 5.83. The summed E-state index contributed by atoms with van der Waals surface area (Å²) in [7, 11) is 1.71. The zero-order valence-corrected chi connectivity index (χ0v) is 12.5. The second kappa shape index (κ2) is 8.76. The minimum atomic E-state index is 0.567. The minimum Gasteiger partial charge on any atom is -0.383 e. The van der Waals surface area contributed by atoms with Gasteiger partial charge in [-0.2, -0.15) is 0 Å². The number of benzene rings is 1. The first kappa shape index (κ1) is 15.8. The van der Waals surface area contributed by atoms with E-state index in [1.807, 2.05) is 18.2 Å². The number of nitrogens with one attached hydrogen (secondary N) is 1. The van der Waals surface area contributed by atoms with Crippen LogP contribution in [0.15, 0.2) is 18.2 Å². The molecule has 0 aromatic heterocycles. The lowest BCUT2D eigenvalue weighted by atomic mass is 9.97. The van der Waals surface area contributed by atoms with Crippen LogP contribution < -0.4 is 5.32 Å². The summed E-state index contributed by atoms with van der Waals surface area (Å²) in [6.45, 7) is 4.80. The van der Waals surface area contributed by atoms with E-state index in [4.69, 9.17) is 27.9 Å². The molecular weight excluding hydrogens is 269 g/mol. The number of hydrogen-bond acceptors (Lipinski definition) is 2. The zero-order valence-electron chi connectivity index (χ0n) is 11.0. The summed E-state index contributed by atoms with van der Waals surface area (Å²) in [5.74, 6) is 0.567. The minimum absolute atomic E-state index is 0.567. The van der Waals surface area contributed by atoms with Gasteiger partial charge in [0, 0.05) is 13.7 Å². The molecule has 0 saturated carbocycles. The maximum absolute atomic E-state index is 6.21. The molecule has 1 aromatic carbocycles. The van der Waals surface area contributed by atoms with Crippen molar-refractivity contribution in [3.05, 3.63) is 33.8 Å². The lowest BCUT2D eigenvalue weighted by Gasteiger charge is -2.17. The molecule has 1 atom stereocenters. The van der Waals surface area contributed by atoms with Gasteiger partial charge in [-0.15, -0.1) is 0 Å². The molecule has 0 bridgehead atoms. The van der Waals surface area contributed by atoms with Crippen LogP contribution in [0, 0.1) is 5.92 Å². The average Bonchev–Trinajstić information content (AvgIpc) is 2.38. The topological polar surface area (TPSA) is 21.3 Å². The summed E-state index contributed by atoms with van der Waals surface area (Å²) in [5, 5.41) is 4.72. The second-order valence-electron chi connectivity index (χ2n) is 4.39. The van der Waals surface area contributed by atoms with Crippen molar-refractivity contribution in [2.45, 2.75) is 19.8 Å². The second-order valence-corrected chi connectivity index (χ2v) is 5.17. The molecule has 0 heterocycles. The Kier molecular flexibility index (Phi) is 7.68. The number of methoxy groups -OCH3 is 1. The highest BCUT2D eigenvalue weighted by Crippen LogP contribution is 2.27. The highest BCUT2D eigenvalue weighted by molar-refractivity contribution is 6.42. The van der Waals surface area contributed by atoms with Gasteiger partial charge in [0.25, 0.3) is 0 Å². The summed E-state index contributed by atoms with van der Waals surface area (Å²) in [6.07, 6.45) is 2.07. The van der Waals surface area contributed by atoms with Crippen molar-refractivity contribution in [1.82, 2.24) is 5.32 Å². The summed E-state index contributed by atoms with van der Waals surface area (Å²) in [5.41, 5.74) is 1.13. The van der Waals surface area contributed by atoms with E-state index < -0.39 is 0 Å². The molecule has 0 aliphatic heterocycles. The molecule has 0 spiro atoms. The molecular formula is C14H21Cl2NO. The molecule has 4 heteroatoms. The average molecular weight is 290 g/mol. The van der Waals surface area contributed by atoms with Gasteiger partial charge in [-0.3, -0.25) is 0 Å². The van der Waals surface area contributed by atoms with Crippen LogP contribution in [0.1, 0.15) is 18.9 Å². The molecule has 0 saturated heterocycles. The fourth-order valence-corrected chi connectivity index (χ4v) is 2.26. The van der Waals surface area contributed by atoms with Crippen molar-refractivity contribution in [2.24, 2.45) is 5.92 Å². The van der Waals surface area contributed by atoms with Gasteiger partial charge in [-0.1, -0.05) is 48.7 Å². The lowest BCUT2D eigenvalue weighted by Crippen LogP contribution is -2.27. The van der Waals surface area contributed by atoms with Gasteiger partial charge in [0.05, 0.1) is 16.7 Å². The Hall–Kier alpha value is -0.280. The van der Waals surface area contributed by atoms with Crippen molar-refractivity contribution in [1.29, 1.82) is 0 Å². The molecule has 1 aromatic rings. The van der Waals surface area contributed by atoms with Crippen LogP contribution in [0.2, 0.25) is 10.0 Å². The van der Waals surface area contributed by atoms with E-state index in [0.717, 1.165) is 38.1 Å². The van der Waals surface area contributed by atoms with Crippen LogP contribution in [-0.2, 0) is 11.2 Å². The summed E-state index contributed by atoms with van der Waals surface area (Å²) in [4.78, 5) is 0. The fraction of sp³-hybridized carbons (Fsp3) is 0.571. The van der Waals surface area contributed by atoms with E-state index in [0.29, 0.717) is 16.0 Å². The van der Waals surface area contributed by atoms with Gasteiger partial charge in [0.1, 0.15) is 0 Å². The van der Waals surface area contributed by atoms with E-state index in [-0.39, 0.29) is 0 Å². The number of hydrogen-bond donors (Lipinski definition) is 1. The highest BCUT2D eigenvalue weighted by Gasteiger charge is 2.11. The number of ether oxygens (including phenoxy) is 1. The third kappa shape index (κ3) is 5.15. The first-order valence-corrected chi connectivity index (χ1v) is 7.07. The monoisotopic (exact) mass is 289 g/mol. The van der Waals surface area contributed by atoms with Crippen LogP contribution in [0.5, 0.6) is 0 Å². The van der Waals surface area contributed by atoms with Crippen LogP contribution >= 0.6 is 23.2 Å². The standard InChI is InChI=1S/C14H21Cl2NO/c1-3-11(10-17-7-8-18-2)9-12-5-4-6-13(15)14(12)16/h4-6,11,17H,3,7-10H2,1-2H3. The van der Waals surface area contributed by atoms with Crippen molar-refractivity contribution < 1.29 is 4.74 Å². The largest absolute Gasteiger partial charge is 0.383 e. The molecule has 0 fully saturated rings. The molecule has 0 aliphatic carbocycles. The molecule has 1 unspecified atom stereocenters. The Balaban J connectivity index is 2.49. The Morgan fingerprint density at radius 1 is 1.33 bits per heavy atom. The molecule has 0 amide bonds. The fourth-order valence-electron chi connectivity index (χ4n) is 1.86. The van der Waals surface area contributed by atoms with Crippen molar-refractivity contribution in [2.75, 3.05) is 26.8 Å². The summed E-state index contributed by atoms with van der Waals surface area (Å²) >= 11 is 12.2. The normalized spacial score (nSPS) is 12.7. The predicted molar refractivity (Wildman–Crippen MR) is 78.7 cm³/mol. The van der Waals surface area contributed by atoms with Crippen LogP contribution in [0.25, 0.3) is 0 Å². The van der Waals surface area contributed by atoms with E-state index in [1.54, 1.807) is 7.11 Å². The maximum Gasteiger partial charge on any atom is 0.0624 e. The van der Waals surface area contributed by atoms with E-state index in [1.165, 1.54) is 0 Å². The zero-order chi connectivity index (χ0) is 13.4. The van der Waals surface area contributed by atoms with Crippen molar-refractivity contribution in [3.8, 4) is 0 Å². The first-order chi connectivity index (χ1) is 8.69. The third-order valence-electron chi connectivity index (χ3n) is 3.03. The Morgan fingerprint density at radius 2 is 2.11 bits per heavy atom. The van der Waals surface area contributed by atoms with Crippen molar-refractivity contribution in [3.63, 3.8) is 0 Å². The third-order valence-corrected chi connectivity index (χ3v) is 3.89. The quantitative estimate of drug-likeness (QED) is 0.735. The predicted octanol–water partition coefficient (Wildman–Crippen LogP) is 3.80. The van der Waals surface area contributed by atoms with E-state index in [9.17, 15) is 0 Å². The summed E-state index contributed by atoms with van der Waals surface area (Å²) < 4.78 is 5.01. The Morgan fingerprint density at radius 3 is 2.78 bits per heavy atom. The first-order valence-electron chi connectivity index (χ1n) is 6.31. The smallest absolute Gasteiger partial charge is 0.0624 e. The highest BCUT2D eigenvalue weighted by atomic mass is 35.5. The molecule has 18 heavy (non-hydrogen) atoms. The molecule has 1 rings (SSSR count). The SMILES string of the molecule is CCC(CNCCOC)Cc1cccc(Cl)c1Cl. The van der Waals surface area contributed by atoms with Gasteiger partial charge in [-0.05, 0) is 30.5 Å². The van der Waals surface area contributed by atoms with Crippen LogP contribution in [-0.4, -0.2) is 26.8 Å². The van der Waals surface area contributed by atoms with Crippen LogP contribution in [0.3, 0.4) is 0 Å². The molecule has 0 aliphatic rings. The van der Waals surface area contributed by atoms with E-state index >= 15 is 0 Å². The molecule has 1 N–H and O–H groups in total. The van der Waals surface area contributed by atoms with Crippen LogP contribution in [0.4, 0.5) is 0 Å². The van der Waals surface area contributed by atoms with Gasteiger partial charge in [0.2, 0.25) is 0 Å². The lowest BCUT2D eigenvalue weighted by molar-refractivity contribution is 0.197. The van der Waals surface area contributed by atoms with Gasteiger partial charge in [-0.25, -0.2) is 0 Å². The van der Waals surface area contributed by atoms with Gasteiger partial charge >= 0.3 is 0 Å². The maximum atomic E-state index is 6.21. The Labute approximate surface area is 120 Å². The molecule has 2 nitrogen and oxygen atoms in total. The molecule has 102 valence electrons. The Bertz CT molecular complexity index is 358. The van der Waals surface area contributed by atoms with Gasteiger partial charge < -0.3 is 10.1 Å². The number of halogens is 2. The molecule has 0 radical (unpaired) electrons. The van der Waals surface area contributed by atoms with Gasteiger partial charge in [0.15, 0.2) is 0 Å². The van der Waals surface area contributed by atoms with E-state index in [2.05, 4.69) is 12.2 Å². The van der Waals surface area contributed by atoms with Crippen molar-refractivity contribution >= 4 is 23.2 Å². The number of rotatable bonds is 8.